The zero-order valence-electron chi connectivity index (χ0n) is 23.6. The molecule has 3 saturated heterocycles. The minimum Gasteiger partial charge on any atom is -0.388 e. The van der Waals surface area contributed by atoms with Gasteiger partial charge in [-0.15, -0.1) is 0 Å². The maximum atomic E-state index is 11.7. The van der Waals surface area contributed by atoms with E-state index in [2.05, 4.69) is 16.0 Å². The van der Waals surface area contributed by atoms with E-state index < -0.39 is 110 Å². The number of hydrogen-bond donors (Lipinski definition) is 11. The van der Waals surface area contributed by atoms with Crippen LogP contribution >= 0.6 is 0 Å². The molecule has 43 heavy (non-hydrogen) atoms. The molecule has 0 aliphatic carbocycles. The van der Waals surface area contributed by atoms with Gasteiger partial charge in [-0.2, -0.15) is 0 Å². The molecule has 0 aromatic carbocycles. The lowest BCUT2D eigenvalue weighted by atomic mass is 9.95. The molecule has 3 heterocycles. The van der Waals surface area contributed by atoms with Crippen molar-refractivity contribution in [3.05, 3.63) is 0 Å². The normalized spacial score (nSPS) is 43.5. The topological polar surface area (TPSA) is 295 Å². The molecule has 0 spiro atoms. The van der Waals surface area contributed by atoms with Gasteiger partial charge in [0.25, 0.3) is 0 Å². The summed E-state index contributed by atoms with van der Waals surface area (Å²) >= 11 is 0. The third-order valence-electron chi connectivity index (χ3n) is 7.21. The fraction of sp³-hybridized carbons (Fsp3) is 0.875. The van der Waals surface area contributed by atoms with Crippen molar-refractivity contribution in [2.75, 3.05) is 19.6 Å². The van der Waals surface area contributed by atoms with E-state index in [0.29, 0.717) is 0 Å². The second-order valence-corrected chi connectivity index (χ2v) is 10.6. The summed E-state index contributed by atoms with van der Waals surface area (Å²) in [7, 11) is 0. The first-order valence-corrected chi connectivity index (χ1v) is 13.6. The molecule has 0 unspecified atom stereocenters. The zero-order chi connectivity index (χ0) is 32.2. The Balaban J connectivity index is 1.81. The molecule has 0 saturated carbocycles. The maximum absolute atomic E-state index is 11.7. The third kappa shape index (κ3) is 8.75. The highest BCUT2D eigenvalue weighted by Crippen LogP contribution is 2.32. The van der Waals surface area contributed by atoms with Gasteiger partial charge in [0.15, 0.2) is 18.9 Å². The summed E-state index contributed by atoms with van der Waals surface area (Å²) < 4.78 is 28.0. The molecule has 19 nitrogen and oxygen atoms in total. The molecule has 11 N–H and O–H groups in total. The van der Waals surface area contributed by atoms with E-state index in [1.807, 2.05) is 0 Å². The van der Waals surface area contributed by atoms with Crippen LogP contribution in [-0.2, 0) is 38.1 Å². The van der Waals surface area contributed by atoms with Crippen molar-refractivity contribution in [3.63, 3.8) is 0 Å². The van der Waals surface area contributed by atoms with Gasteiger partial charge in [-0.3, -0.25) is 14.4 Å². The van der Waals surface area contributed by atoms with Crippen LogP contribution in [0.1, 0.15) is 20.8 Å². The lowest BCUT2D eigenvalue weighted by Crippen LogP contribution is -2.67. The first kappa shape index (κ1) is 35.4. The van der Waals surface area contributed by atoms with Crippen LogP contribution in [0.15, 0.2) is 0 Å². The van der Waals surface area contributed by atoms with Gasteiger partial charge in [0.1, 0.15) is 73.2 Å². The Bertz CT molecular complexity index is 962. The fourth-order valence-electron chi connectivity index (χ4n) is 4.84. The van der Waals surface area contributed by atoms with Crippen molar-refractivity contribution in [2.24, 2.45) is 0 Å². The first-order valence-electron chi connectivity index (χ1n) is 13.6. The van der Waals surface area contributed by atoms with Crippen LogP contribution in [0.3, 0.4) is 0 Å². The van der Waals surface area contributed by atoms with Crippen LogP contribution in [-0.4, -0.2) is 170 Å². The third-order valence-corrected chi connectivity index (χ3v) is 7.21. The molecule has 15 atom stereocenters. The van der Waals surface area contributed by atoms with Crippen molar-refractivity contribution in [2.45, 2.75) is 113 Å². The van der Waals surface area contributed by atoms with Crippen LogP contribution in [0.4, 0.5) is 0 Å². The number of nitrogens with one attached hydrogen (secondary N) is 3. The molecule has 0 aromatic rings. The highest BCUT2D eigenvalue weighted by atomic mass is 16.7. The number of ether oxygens (including phenoxy) is 5. The van der Waals surface area contributed by atoms with E-state index in [0.717, 1.165) is 0 Å². The Morgan fingerprint density at radius 1 is 0.512 bits per heavy atom. The highest BCUT2D eigenvalue weighted by Gasteiger charge is 2.53. The molecular formula is C24H41N3O16. The summed E-state index contributed by atoms with van der Waals surface area (Å²) in [4.78, 5) is 34.4. The predicted octanol–water partition coefficient (Wildman–Crippen LogP) is -7.14. The molecule has 248 valence electrons. The Morgan fingerprint density at radius 2 is 0.884 bits per heavy atom. The molecule has 3 rings (SSSR count). The number of hydrogen-bond acceptors (Lipinski definition) is 16. The Hall–Kier alpha value is -2.11. The number of amides is 3. The van der Waals surface area contributed by atoms with Crippen molar-refractivity contribution < 1.29 is 78.9 Å². The molecule has 3 aliphatic rings. The van der Waals surface area contributed by atoms with E-state index in [1.54, 1.807) is 0 Å². The van der Waals surface area contributed by atoms with Gasteiger partial charge in [0.2, 0.25) is 17.7 Å². The maximum Gasteiger partial charge on any atom is 0.216 e. The van der Waals surface area contributed by atoms with E-state index in [-0.39, 0.29) is 19.6 Å². The summed E-state index contributed by atoms with van der Waals surface area (Å²) in [5, 5.41) is 91.0. The second-order valence-electron chi connectivity index (χ2n) is 10.6. The summed E-state index contributed by atoms with van der Waals surface area (Å²) in [6, 6.07) is 0. The summed E-state index contributed by atoms with van der Waals surface area (Å²) in [6.07, 6.45) is -25.1. The zero-order valence-corrected chi connectivity index (χ0v) is 23.6. The standard InChI is InChI=1S/C24H41N3O16/c1-7(28)25-4-10-13(31)14(32)18(36)23(40-10)43-21-12(6-27-9(3)30)41-24(19(37)16(21)34)42-20-11(5-26-8(2)29)39-22(38)17(35)15(20)33/h10-24,31-38H,4-6H2,1-3H3,(H,25,28)(H,26,29)(H,27,30)/t10-,11-,12-,13-,14+,15-,16-,17-,18-,19-,20-,21-,22-,23+,24+/m1/s1. The van der Waals surface area contributed by atoms with Gasteiger partial charge >= 0.3 is 0 Å². The fourth-order valence-corrected chi connectivity index (χ4v) is 4.84. The van der Waals surface area contributed by atoms with Crippen molar-refractivity contribution in [1.82, 2.24) is 16.0 Å². The minimum absolute atomic E-state index is 0.274. The van der Waals surface area contributed by atoms with Crippen LogP contribution in [0, 0.1) is 0 Å². The molecule has 3 fully saturated rings. The lowest BCUT2D eigenvalue weighted by Gasteiger charge is -2.48. The average Bonchev–Trinajstić information content (AvgIpc) is 2.94. The van der Waals surface area contributed by atoms with Crippen molar-refractivity contribution in [1.29, 1.82) is 0 Å². The monoisotopic (exact) mass is 627 g/mol. The highest BCUT2D eigenvalue weighted by molar-refractivity contribution is 5.73. The summed E-state index contributed by atoms with van der Waals surface area (Å²) in [5.41, 5.74) is 0. The van der Waals surface area contributed by atoms with Crippen LogP contribution in [0.25, 0.3) is 0 Å². The lowest BCUT2D eigenvalue weighted by molar-refractivity contribution is -0.372. The van der Waals surface area contributed by atoms with Gasteiger partial charge in [0, 0.05) is 40.4 Å². The van der Waals surface area contributed by atoms with Gasteiger partial charge < -0.3 is 80.5 Å². The summed E-state index contributed by atoms with van der Waals surface area (Å²) in [5.74, 6) is -1.47. The largest absolute Gasteiger partial charge is 0.388 e. The first-order chi connectivity index (χ1) is 20.1. The Labute approximate surface area is 245 Å². The number of carbonyl (C=O) groups is 3. The predicted molar refractivity (Wildman–Crippen MR) is 136 cm³/mol. The van der Waals surface area contributed by atoms with Crippen LogP contribution in [0.2, 0.25) is 0 Å². The quantitative estimate of drug-likeness (QED) is 0.107. The SMILES string of the molecule is CC(=O)NC[C@H]1O[C@@H](O[C@H]2[C@H](O)[C@@H](O)[C@H](O[C@H]3[C@H](O)[C@@H](O)[C@H](O)O[C@@H]3CNC(C)=O)O[C@@H]2CNC(C)=O)[C@H](O)[C@@H](O)[C@@H]1O. The second kappa shape index (κ2) is 15.3. The number of aliphatic hydroxyl groups is 8. The molecule has 0 aromatic heterocycles. The van der Waals surface area contributed by atoms with Gasteiger partial charge in [-0.05, 0) is 0 Å². The molecule has 3 amide bonds. The van der Waals surface area contributed by atoms with Crippen molar-refractivity contribution in [3.8, 4) is 0 Å². The molecule has 0 bridgehead atoms. The number of aliphatic hydroxyl groups excluding tert-OH is 8. The molecule has 19 heteroatoms. The van der Waals surface area contributed by atoms with E-state index in [9.17, 15) is 55.2 Å². The van der Waals surface area contributed by atoms with E-state index in [4.69, 9.17) is 23.7 Å². The number of rotatable bonds is 10. The molecular weight excluding hydrogens is 586 g/mol. The van der Waals surface area contributed by atoms with Crippen molar-refractivity contribution >= 4 is 17.7 Å². The smallest absolute Gasteiger partial charge is 0.216 e. The molecule has 3 aliphatic heterocycles. The van der Waals surface area contributed by atoms with Gasteiger partial charge in [0.05, 0.1) is 0 Å². The Kier molecular flexibility index (Phi) is 12.5. The van der Waals surface area contributed by atoms with Crippen LogP contribution in [0.5, 0.6) is 0 Å². The number of carbonyl (C=O) groups excluding carboxylic acids is 3. The summed E-state index contributed by atoms with van der Waals surface area (Å²) in [6.45, 7) is 2.67. The van der Waals surface area contributed by atoms with Gasteiger partial charge in [-0.1, -0.05) is 0 Å². The molecule has 0 radical (unpaired) electrons. The average molecular weight is 628 g/mol. The minimum atomic E-state index is -1.94. The van der Waals surface area contributed by atoms with Gasteiger partial charge in [-0.25, -0.2) is 0 Å². The van der Waals surface area contributed by atoms with E-state index >= 15 is 0 Å². The Morgan fingerprint density at radius 3 is 1.35 bits per heavy atom. The van der Waals surface area contributed by atoms with E-state index in [1.165, 1.54) is 20.8 Å². The van der Waals surface area contributed by atoms with Crippen LogP contribution < -0.4 is 16.0 Å².